The molecule has 0 aliphatic carbocycles. The molecule has 480 valence electrons. The Balaban J connectivity index is 0.998. The van der Waals surface area contributed by atoms with Gasteiger partial charge in [0.1, 0.15) is 47.8 Å². The number of nitrogens with zero attached hydrogens (tertiary/aromatic N) is 8. The van der Waals surface area contributed by atoms with E-state index in [0.717, 1.165) is 9.80 Å². The number of aromatic nitrogens is 2. The SMILES string of the molecule is C[C@@H]1NC(=O)[C@@H]2CCCCN2C(=O)CN(C)C(=O)CNC(=O)[C@@H]2CCCCN2C(=O)[C@H](NC(=O)c2nc3ccccc3cc2O)[C@H](C)NC(=O)[C@@H]2CCCCN2C(=O)CN(C)C(=O)CNC(=O)[C@H]2CCCCN2C(=O)[C@@H]1NC(=O)c1nc2ccccc2cc1O. The lowest BCUT2D eigenvalue weighted by Crippen LogP contribution is -2.64. The Kier molecular flexibility index (Phi) is 20.8. The molecule has 7 heterocycles. The first-order valence-electron chi connectivity index (χ1n) is 30.7. The predicted octanol–water partition coefficient (Wildman–Crippen LogP) is -0.212. The van der Waals surface area contributed by atoms with E-state index in [0.29, 0.717) is 73.2 Å². The van der Waals surface area contributed by atoms with Crippen LogP contribution in [0.15, 0.2) is 60.7 Å². The van der Waals surface area contributed by atoms with Crippen molar-refractivity contribution in [3.8, 4) is 11.5 Å². The van der Waals surface area contributed by atoms with Crippen molar-refractivity contribution in [3.05, 3.63) is 72.1 Å². The highest BCUT2D eigenvalue weighted by molar-refractivity contribution is 6.03. The maximum atomic E-state index is 15.0. The molecule has 2 aromatic carbocycles. The van der Waals surface area contributed by atoms with Gasteiger partial charge in [0.15, 0.2) is 11.4 Å². The summed E-state index contributed by atoms with van der Waals surface area (Å²) >= 11 is 0. The topological polar surface area (TPSA) is 363 Å². The second-order valence-corrected chi connectivity index (χ2v) is 23.8. The molecule has 28 nitrogen and oxygen atoms in total. The van der Waals surface area contributed by atoms with Crippen LogP contribution in [0, 0.1) is 0 Å². The lowest BCUT2D eigenvalue weighted by atomic mass is 9.97. The van der Waals surface area contributed by atoms with Crippen LogP contribution < -0.4 is 31.9 Å². The van der Waals surface area contributed by atoms with Crippen molar-refractivity contribution in [2.75, 3.05) is 66.5 Å². The molecule has 5 saturated heterocycles. The summed E-state index contributed by atoms with van der Waals surface area (Å²) in [6.45, 7) is 0.906. The molecule has 0 bridgehead atoms. The summed E-state index contributed by atoms with van der Waals surface area (Å²) in [4.78, 5) is 188. The van der Waals surface area contributed by atoms with E-state index < -0.39 is 168 Å². The van der Waals surface area contributed by atoms with E-state index in [1.165, 1.54) is 59.7 Å². The van der Waals surface area contributed by atoms with E-state index in [4.69, 9.17) is 0 Å². The molecule has 0 radical (unpaired) electrons. The van der Waals surface area contributed by atoms with Crippen LogP contribution in [0.1, 0.15) is 112 Å². The number of benzene rings is 2. The molecule has 0 saturated carbocycles. The summed E-state index contributed by atoms with van der Waals surface area (Å²) in [5.41, 5.74) is -0.135. The number of aromatic hydroxyl groups is 2. The van der Waals surface area contributed by atoms with Gasteiger partial charge < -0.3 is 71.5 Å². The molecular weight excluding hydrogens is 1160 g/mol. The third-order valence-electron chi connectivity index (χ3n) is 17.5. The molecular formula is C62H78N14O14. The van der Waals surface area contributed by atoms with E-state index in [2.05, 4.69) is 41.9 Å². The average molecular weight is 1240 g/mol. The van der Waals surface area contributed by atoms with Crippen molar-refractivity contribution in [1.82, 2.24) is 71.3 Å². The number of carbonyl (C=O) groups excluding carboxylic acids is 12. The van der Waals surface area contributed by atoms with Crippen molar-refractivity contribution in [2.24, 2.45) is 0 Å². The third-order valence-corrected chi connectivity index (χ3v) is 17.5. The van der Waals surface area contributed by atoms with Crippen LogP contribution in [-0.2, 0) is 47.9 Å². The highest BCUT2D eigenvalue weighted by Gasteiger charge is 2.44. The van der Waals surface area contributed by atoms with Crippen LogP contribution in [0.2, 0.25) is 0 Å². The number of likely N-dealkylation sites (N-methyl/N-ethyl adjacent to an activating group) is 2. The second kappa shape index (κ2) is 28.8. The minimum Gasteiger partial charge on any atom is -0.505 e. The molecule has 5 fully saturated rings. The Bertz CT molecular complexity index is 3250. The molecule has 9 rings (SSSR count). The monoisotopic (exact) mass is 1240 g/mol. The zero-order chi connectivity index (χ0) is 64.5. The normalized spacial score (nSPS) is 25.7. The van der Waals surface area contributed by atoms with Gasteiger partial charge in [-0.15, -0.1) is 0 Å². The molecule has 8 N–H and O–H groups in total. The number of rotatable bonds is 4. The molecule has 8 atom stereocenters. The van der Waals surface area contributed by atoms with Crippen LogP contribution in [-0.4, -0.2) is 235 Å². The van der Waals surface area contributed by atoms with Crippen LogP contribution in [0.3, 0.4) is 0 Å². The van der Waals surface area contributed by atoms with Crippen LogP contribution >= 0.6 is 0 Å². The van der Waals surface area contributed by atoms with Gasteiger partial charge in [-0.3, -0.25) is 57.5 Å². The second-order valence-electron chi connectivity index (χ2n) is 23.8. The van der Waals surface area contributed by atoms with Gasteiger partial charge in [-0.05, 0) is 115 Å². The lowest BCUT2D eigenvalue weighted by molar-refractivity contribution is -0.148. The fraction of sp³-hybridized carbons (Fsp3) is 0.516. The molecule has 5 aliphatic rings. The van der Waals surface area contributed by atoms with Gasteiger partial charge in [0.05, 0.1) is 49.3 Å². The highest BCUT2D eigenvalue weighted by atomic mass is 16.3. The Labute approximate surface area is 519 Å². The molecule has 2 aromatic heterocycles. The van der Waals surface area contributed by atoms with Crippen LogP contribution in [0.4, 0.5) is 0 Å². The molecule has 12 amide bonds. The molecule has 28 heteroatoms. The van der Waals surface area contributed by atoms with Crippen LogP contribution in [0.25, 0.3) is 21.8 Å². The average Bonchev–Trinajstić information content (AvgIpc) is 0.974. The molecule has 0 unspecified atom stereocenters. The fourth-order valence-corrected chi connectivity index (χ4v) is 12.5. The Morgan fingerprint density at radius 1 is 0.467 bits per heavy atom. The quantitative estimate of drug-likeness (QED) is 0.131. The van der Waals surface area contributed by atoms with Gasteiger partial charge in [0.25, 0.3) is 11.8 Å². The summed E-state index contributed by atoms with van der Waals surface area (Å²) in [5, 5.41) is 39.3. The number of fused-ring (bicyclic) bond motifs is 6. The first kappa shape index (κ1) is 65.0. The summed E-state index contributed by atoms with van der Waals surface area (Å²) < 4.78 is 0. The van der Waals surface area contributed by atoms with Gasteiger partial charge in [-0.25, -0.2) is 9.97 Å². The van der Waals surface area contributed by atoms with E-state index >= 15 is 9.59 Å². The van der Waals surface area contributed by atoms with Gasteiger partial charge in [-0.1, -0.05) is 36.4 Å². The predicted molar refractivity (Wildman–Crippen MR) is 323 cm³/mol. The van der Waals surface area contributed by atoms with E-state index in [1.807, 2.05) is 0 Å². The highest BCUT2D eigenvalue weighted by Crippen LogP contribution is 2.27. The summed E-state index contributed by atoms with van der Waals surface area (Å²) in [7, 11) is 2.68. The molecule has 0 spiro atoms. The smallest absolute Gasteiger partial charge is 0.274 e. The van der Waals surface area contributed by atoms with Crippen molar-refractivity contribution in [1.29, 1.82) is 0 Å². The van der Waals surface area contributed by atoms with Gasteiger partial charge in [0, 0.05) is 51.0 Å². The van der Waals surface area contributed by atoms with Gasteiger partial charge >= 0.3 is 0 Å². The van der Waals surface area contributed by atoms with Crippen molar-refractivity contribution in [2.45, 2.75) is 139 Å². The Morgan fingerprint density at radius 2 is 0.800 bits per heavy atom. The van der Waals surface area contributed by atoms with E-state index in [1.54, 1.807) is 48.5 Å². The first-order chi connectivity index (χ1) is 43.1. The largest absolute Gasteiger partial charge is 0.505 e. The number of para-hydroxylation sites is 2. The Morgan fingerprint density at radius 3 is 1.17 bits per heavy atom. The van der Waals surface area contributed by atoms with Crippen LogP contribution in [0.5, 0.6) is 11.5 Å². The molecule has 90 heavy (non-hydrogen) atoms. The minimum atomic E-state index is -1.61. The number of amides is 12. The zero-order valence-corrected chi connectivity index (χ0v) is 50.9. The fourth-order valence-electron chi connectivity index (χ4n) is 12.5. The first-order valence-corrected chi connectivity index (χ1v) is 30.7. The third kappa shape index (κ3) is 14.8. The maximum Gasteiger partial charge on any atom is 0.274 e. The summed E-state index contributed by atoms with van der Waals surface area (Å²) in [6.07, 6.45) is 4.55. The Hall–Kier alpha value is -9.50. The number of nitrogens with one attached hydrogen (secondary N) is 6. The van der Waals surface area contributed by atoms with E-state index in [9.17, 15) is 58.2 Å². The van der Waals surface area contributed by atoms with Gasteiger partial charge in [-0.2, -0.15) is 0 Å². The molecule has 5 aliphatic heterocycles. The number of piperidine rings is 4. The lowest BCUT2D eigenvalue weighted by Gasteiger charge is -2.40. The molecule has 4 aromatic rings. The summed E-state index contributed by atoms with van der Waals surface area (Å²) in [5.74, 6) is -10.0. The standard InChI is InChI=1S/C62H78N14O14/c1-35-51(69-59(87)53-45(77)29-37-17-5-7-19-39(37)67-53)61(89)75-27-15-11-21-41(75)55(83)63-31-47(79)72(4)34-50(82)74-26-14-10-24-44(74)58(86)66-36(2)52(70-60(88)54-46(78)30-38-18-6-8-20-40(38)68-54)62(90)76-28-16-12-22-42(76)56(84)64-32-48(80)71(3)33-49(81)73-25-13-9-23-43(73)57(85)65-35/h5-8,17-20,29-30,35-36,41-44,51-52,77-78H,9-16,21-28,31-34H2,1-4H3,(H,63,83)(H,64,84)(H,65,85)(H,66,86)(H,69,87)(H,70,88)/t35-,36-,41-,42+,43-,44-,51+,52+/m0/s1. The van der Waals surface area contributed by atoms with Crippen molar-refractivity contribution < 1.29 is 67.7 Å². The number of pyridine rings is 2. The number of hydrogen-bond acceptors (Lipinski definition) is 16. The number of carbonyl (C=O) groups is 12. The van der Waals surface area contributed by atoms with Crippen molar-refractivity contribution in [3.63, 3.8) is 0 Å². The van der Waals surface area contributed by atoms with Crippen molar-refractivity contribution >= 4 is 92.7 Å². The number of hydrogen-bond donors (Lipinski definition) is 8. The van der Waals surface area contributed by atoms with E-state index in [-0.39, 0.29) is 51.9 Å². The minimum absolute atomic E-state index is 0.0218. The van der Waals surface area contributed by atoms with Gasteiger partial charge in [0.2, 0.25) is 59.1 Å². The zero-order valence-electron chi connectivity index (χ0n) is 50.9. The maximum absolute atomic E-state index is 15.0. The summed E-state index contributed by atoms with van der Waals surface area (Å²) in [6, 6.07) is 5.82.